The van der Waals surface area contributed by atoms with E-state index in [4.69, 9.17) is 0 Å². The zero-order valence-corrected chi connectivity index (χ0v) is 12.9. The fourth-order valence-electron chi connectivity index (χ4n) is 2.24. The van der Waals surface area contributed by atoms with Crippen LogP contribution in [0.2, 0.25) is 0 Å². The number of halogens is 1. The Morgan fingerprint density at radius 1 is 1.00 bits per heavy atom. The molecular weight excluding hydrogens is 242 g/mol. The molecule has 0 saturated heterocycles. The summed E-state index contributed by atoms with van der Waals surface area (Å²) in [5, 5.41) is 0. The minimum atomic E-state index is 0. The third kappa shape index (κ3) is 7.03. The fraction of sp³-hybridized carbons (Fsp3) is 0.625. The molecule has 0 N–H and O–H groups in total. The maximum atomic E-state index is 2.37. The van der Waals surface area contributed by atoms with Crippen molar-refractivity contribution in [2.45, 2.75) is 51.5 Å². The lowest BCUT2D eigenvalue weighted by molar-refractivity contribution is 0.270. The van der Waals surface area contributed by atoms with Crippen molar-refractivity contribution in [3.63, 3.8) is 0 Å². The largest absolute Gasteiger partial charge is 0.306 e. The standard InChI is InChI=1S/C16H27N.ClH/c1-4-5-6-10-13-16(17(2)3)14-15-11-8-7-9-12-15;/h7-9,11-12,16H,4-6,10,13-14H2,1-3H3;1H. The minimum Gasteiger partial charge on any atom is -0.306 e. The Hall–Kier alpha value is -0.530. The quantitative estimate of drug-likeness (QED) is 0.626. The van der Waals surface area contributed by atoms with Gasteiger partial charge in [0.15, 0.2) is 0 Å². The molecule has 0 aliphatic rings. The van der Waals surface area contributed by atoms with Crippen molar-refractivity contribution < 1.29 is 0 Å². The SMILES string of the molecule is CCCCCCC(Cc1ccccc1)N(C)C.Cl. The summed E-state index contributed by atoms with van der Waals surface area (Å²) in [5.41, 5.74) is 1.46. The minimum absolute atomic E-state index is 0. The molecule has 0 aliphatic heterocycles. The first-order valence-electron chi connectivity index (χ1n) is 6.94. The highest BCUT2D eigenvalue weighted by molar-refractivity contribution is 5.85. The van der Waals surface area contributed by atoms with Gasteiger partial charge in [-0.25, -0.2) is 0 Å². The van der Waals surface area contributed by atoms with Gasteiger partial charge in [0, 0.05) is 6.04 Å². The van der Waals surface area contributed by atoms with E-state index in [-0.39, 0.29) is 12.4 Å². The first-order chi connectivity index (χ1) is 8.24. The topological polar surface area (TPSA) is 3.24 Å². The molecule has 0 heterocycles. The zero-order valence-electron chi connectivity index (χ0n) is 12.1. The molecule has 0 saturated carbocycles. The van der Waals surface area contributed by atoms with Crippen molar-refractivity contribution >= 4 is 12.4 Å². The summed E-state index contributed by atoms with van der Waals surface area (Å²) < 4.78 is 0. The molecule has 1 nitrogen and oxygen atoms in total. The lowest BCUT2D eigenvalue weighted by Gasteiger charge is -2.24. The number of rotatable bonds is 8. The molecule has 0 aromatic heterocycles. The van der Waals surface area contributed by atoms with Gasteiger partial charge in [-0.3, -0.25) is 0 Å². The van der Waals surface area contributed by atoms with Crippen LogP contribution in [0.5, 0.6) is 0 Å². The Bertz CT molecular complexity index is 284. The maximum Gasteiger partial charge on any atom is 0.0130 e. The Labute approximate surface area is 119 Å². The van der Waals surface area contributed by atoms with Crippen molar-refractivity contribution in [2.75, 3.05) is 14.1 Å². The number of likely N-dealkylation sites (N-methyl/N-ethyl adjacent to an activating group) is 1. The molecular formula is C16H28ClN. The van der Waals surface area contributed by atoms with E-state index < -0.39 is 0 Å². The molecule has 1 aromatic carbocycles. The smallest absolute Gasteiger partial charge is 0.0130 e. The summed E-state index contributed by atoms with van der Waals surface area (Å²) >= 11 is 0. The fourth-order valence-corrected chi connectivity index (χ4v) is 2.24. The van der Waals surface area contributed by atoms with Crippen LogP contribution in [0.15, 0.2) is 30.3 Å². The molecule has 1 unspecified atom stereocenters. The molecule has 0 bridgehead atoms. The van der Waals surface area contributed by atoms with Crippen LogP contribution in [-0.2, 0) is 6.42 Å². The molecule has 0 aliphatic carbocycles. The lowest BCUT2D eigenvalue weighted by Crippen LogP contribution is -2.30. The second-order valence-corrected chi connectivity index (χ2v) is 5.16. The van der Waals surface area contributed by atoms with Crippen LogP contribution in [-0.4, -0.2) is 25.0 Å². The van der Waals surface area contributed by atoms with Gasteiger partial charge in [0.05, 0.1) is 0 Å². The van der Waals surface area contributed by atoms with Crippen molar-refractivity contribution in [3.8, 4) is 0 Å². The normalized spacial score (nSPS) is 12.2. The van der Waals surface area contributed by atoms with Crippen LogP contribution in [0.3, 0.4) is 0 Å². The van der Waals surface area contributed by atoms with Crippen molar-refractivity contribution in [2.24, 2.45) is 0 Å². The monoisotopic (exact) mass is 269 g/mol. The van der Waals surface area contributed by atoms with Crippen LogP contribution in [0, 0.1) is 0 Å². The summed E-state index contributed by atoms with van der Waals surface area (Å²) in [6.07, 6.45) is 7.96. The number of unbranched alkanes of at least 4 members (excludes halogenated alkanes) is 3. The van der Waals surface area contributed by atoms with E-state index in [0.717, 1.165) is 0 Å². The van der Waals surface area contributed by atoms with Gasteiger partial charge in [-0.05, 0) is 32.5 Å². The average molecular weight is 270 g/mol. The predicted octanol–water partition coefficient (Wildman–Crippen LogP) is 4.55. The maximum absolute atomic E-state index is 2.37. The Morgan fingerprint density at radius 2 is 1.67 bits per heavy atom. The number of hydrogen-bond donors (Lipinski definition) is 0. The second-order valence-electron chi connectivity index (χ2n) is 5.16. The van der Waals surface area contributed by atoms with Gasteiger partial charge in [0.25, 0.3) is 0 Å². The first kappa shape index (κ1) is 17.5. The van der Waals surface area contributed by atoms with E-state index in [1.807, 2.05) is 0 Å². The molecule has 18 heavy (non-hydrogen) atoms. The van der Waals surface area contributed by atoms with Crippen molar-refractivity contribution in [1.29, 1.82) is 0 Å². The van der Waals surface area contributed by atoms with E-state index >= 15 is 0 Å². The Morgan fingerprint density at radius 3 is 2.22 bits per heavy atom. The van der Waals surface area contributed by atoms with E-state index in [1.165, 1.54) is 44.1 Å². The van der Waals surface area contributed by atoms with E-state index in [2.05, 4.69) is 56.3 Å². The summed E-state index contributed by atoms with van der Waals surface area (Å²) in [6.45, 7) is 2.27. The molecule has 1 rings (SSSR count). The van der Waals surface area contributed by atoms with Crippen LogP contribution in [0.1, 0.15) is 44.6 Å². The zero-order chi connectivity index (χ0) is 12.5. The molecule has 104 valence electrons. The third-order valence-electron chi connectivity index (χ3n) is 3.44. The summed E-state index contributed by atoms with van der Waals surface area (Å²) in [7, 11) is 4.40. The Kier molecular flexibility index (Phi) is 10.1. The van der Waals surface area contributed by atoms with Gasteiger partial charge >= 0.3 is 0 Å². The van der Waals surface area contributed by atoms with Crippen molar-refractivity contribution in [1.82, 2.24) is 4.90 Å². The lowest BCUT2D eigenvalue weighted by atomic mass is 9.99. The van der Waals surface area contributed by atoms with Crippen LogP contribution in [0.25, 0.3) is 0 Å². The van der Waals surface area contributed by atoms with Gasteiger partial charge in [0.1, 0.15) is 0 Å². The average Bonchev–Trinajstić information content (AvgIpc) is 2.34. The van der Waals surface area contributed by atoms with Crippen LogP contribution >= 0.6 is 12.4 Å². The van der Waals surface area contributed by atoms with Gasteiger partial charge in [-0.15, -0.1) is 12.4 Å². The highest BCUT2D eigenvalue weighted by atomic mass is 35.5. The summed E-state index contributed by atoms with van der Waals surface area (Å²) in [5.74, 6) is 0. The van der Waals surface area contributed by atoms with E-state index in [0.29, 0.717) is 6.04 Å². The second kappa shape index (κ2) is 10.4. The summed E-state index contributed by atoms with van der Waals surface area (Å²) in [4.78, 5) is 2.37. The molecule has 0 amide bonds. The third-order valence-corrected chi connectivity index (χ3v) is 3.44. The highest BCUT2D eigenvalue weighted by Crippen LogP contribution is 2.14. The number of nitrogens with zero attached hydrogens (tertiary/aromatic N) is 1. The number of benzene rings is 1. The van der Waals surface area contributed by atoms with Gasteiger partial charge in [-0.2, -0.15) is 0 Å². The van der Waals surface area contributed by atoms with Crippen LogP contribution in [0.4, 0.5) is 0 Å². The molecule has 1 aromatic rings. The van der Waals surface area contributed by atoms with E-state index in [9.17, 15) is 0 Å². The molecule has 0 radical (unpaired) electrons. The van der Waals surface area contributed by atoms with Crippen LogP contribution < -0.4 is 0 Å². The Balaban J connectivity index is 0.00000289. The predicted molar refractivity (Wildman–Crippen MR) is 83.6 cm³/mol. The van der Waals surface area contributed by atoms with E-state index in [1.54, 1.807) is 0 Å². The highest BCUT2D eigenvalue weighted by Gasteiger charge is 2.11. The molecule has 0 spiro atoms. The molecule has 0 fully saturated rings. The summed E-state index contributed by atoms with van der Waals surface area (Å²) in [6, 6.07) is 11.5. The van der Waals surface area contributed by atoms with Crippen molar-refractivity contribution in [3.05, 3.63) is 35.9 Å². The molecule has 2 heteroatoms. The molecule has 1 atom stereocenters. The van der Waals surface area contributed by atoms with Gasteiger partial charge in [-0.1, -0.05) is 62.9 Å². The van der Waals surface area contributed by atoms with Gasteiger partial charge < -0.3 is 4.90 Å². The first-order valence-corrected chi connectivity index (χ1v) is 6.94. The number of hydrogen-bond acceptors (Lipinski definition) is 1. The van der Waals surface area contributed by atoms with Gasteiger partial charge in [0.2, 0.25) is 0 Å².